The van der Waals surface area contributed by atoms with Crippen molar-refractivity contribution in [2.24, 2.45) is 0 Å². The molecule has 1 aliphatic carbocycles. The van der Waals surface area contributed by atoms with Crippen molar-refractivity contribution in [3.8, 4) is 23.0 Å². The lowest BCUT2D eigenvalue weighted by molar-refractivity contribution is -0.116. The molecule has 0 spiro atoms. The van der Waals surface area contributed by atoms with Crippen LogP contribution >= 0.6 is 0 Å². The van der Waals surface area contributed by atoms with E-state index in [-0.39, 0.29) is 17.5 Å². The third-order valence-electron chi connectivity index (χ3n) is 6.14. The maximum Gasteiger partial charge on any atom is 0.228 e. The van der Waals surface area contributed by atoms with Crippen LogP contribution in [0.4, 0.5) is 4.39 Å². The number of methoxy groups -OCH3 is 1. The fourth-order valence-corrected chi connectivity index (χ4v) is 4.57. The topological polar surface area (TPSA) is 78.6 Å². The first kappa shape index (κ1) is 19.6. The summed E-state index contributed by atoms with van der Waals surface area (Å²) in [5.74, 6) is 1.63. The predicted octanol–water partition coefficient (Wildman–Crippen LogP) is 4.47. The van der Waals surface area contributed by atoms with Crippen LogP contribution in [0.3, 0.4) is 0 Å². The Bertz CT molecular complexity index is 1420. The molecule has 6 rings (SSSR count). The Balaban J connectivity index is 1.58. The highest BCUT2D eigenvalue weighted by molar-refractivity contribution is 6.00. The van der Waals surface area contributed by atoms with Gasteiger partial charge in [0.15, 0.2) is 17.3 Å². The minimum Gasteiger partial charge on any atom is -0.497 e. The quantitative estimate of drug-likeness (QED) is 0.466. The number of aromatic nitrogens is 4. The van der Waals surface area contributed by atoms with Crippen molar-refractivity contribution in [3.05, 3.63) is 83.1 Å². The van der Waals surface area contributed by atoms with Crippen LogP contribution in [0, 0.1) is 5.82 Å². The number of rotatable bonds is 3. The van der Waals surface area contributed by atoms with E-state index in [9.17, 15) is 9.18 Å². The van der Waals surface area contributed by atoms with Crippen molar-refractivity contribution < 1.29 is 18.7 Å². The number of hydrogen-bond donors (Lipinski definition) is 0. The maximum absolute atomic E-state index is 13.4. The Kier molecular flexibility index (Phi) is 4.46. The molecule has 0 fully saturated rings. The molecule has 0 saturated heterocycles. The minimum absolute atomic E-state index is 0.0722. The maximum atomic E-state index is 13.4. The van der Waals surface area contributed by atoms with Crippen LogP contribution in [0.2, 0.25) is 0 Å². The fraction of sp³-hybridized carbons (Fsp3) is 0.200. The molecule has 0 amide bonds. The van der Waals surface area contributed by atoms with Crippen LogP contribution in [0.15, 0.2) is 66.2 Å². The molecule has 0 unspecified atom stereocenters. The smallest absolute Gasteiger partial charge is 0.228 e. The molecule has 4 aromatic rings. The normalized spacial score (nSPS) is 17.5. The van der Waals surface area contributed by atoms with Crippen molar-refractivity contribution in [2.45, 2.75) is 25.2 Å². The Morgan fingerprint density at radius 2 is 1.88 bits per heavy atom. The number of benzene rings is 2. The van der Waals surface area contributed by atoms with E-state index in [1.165, 1.54) is 12.1 Å². The zero-order chi connectivity index (χ0) is 22.5. The molecule has 2 aromatic carbocycles. The van der Waals surface area contributed by atoms with Crippen LogP contribution in [0.5, 0.6) is 11.6 Å². The van der Waals surface area contributed by atoms with Crippen molar-refractivity contribution >= 4 is 11.4 Å². The number of allylic oxidation sites excluding steroid dienone is 2. The van der Waals surface area contributed by atoms with E-state index >= 15 is 0 Å². The first-order valence-electron chi connectivity index (χ1n) is 10.7. The second-order valence-corrected chi connectivity index (χ2v) is 8.10. The molecule has 8 heteroatoms. The first-order chi connectivity index (χ1) is 16.1. The summed E-state index contributed by atoms with van der Waals surface area (Å²) < 4.78 is 26.4. The van der Waals surface area contributed by atoms with E-state index in [1.54, 1.807) is 30.1 Å². The summed E-state index contributed by atoms with van der Waals surface area (Å²) in [5.41, 5.74) is 3.49. The van der Waals surface area contributed by atoms with Gasteiger partial charge in [-0.15, -0.1) is 5.10 Å². The molecule has 2 aliphatic rings. The molecule has 0 bridgehead atoms. The Morgan fingerprint density at radius 1 is 1.09 bits per heavy atom. The third kappa shape index (κ3) is 3.17. The Hall–Kier alpha value is -4.07. The van der Waals surface area contributed by atoms with Gasteiger partial charge in [-0.25, -0.2) is 18.9 Å². The molecule has 0 N–H and O–H groups in total. The van der Waals surface area contributed by atoms with Crippen molar-refractivity contribution in [1.82, 2.24) is 19.6 Å². The van der Waals surface area contributed by atoms with E-state index in [1.807, 2.05) is 24.3 Å². The molecule has 2 aromatic heterocycles. The predicted molar refractivity (Wildman–Crippen MR) is 118 cm³/mol. The summed E-state index contributed by atoms with van der Waals surface area (Å²) in [5, 5.41) is 4.54. The van der Waals surface area contributed by atoms with Gasteiger partial charge in [-0.1, -0.05) is 12.1 Å². The molecule has 3 heterocycles. The first-order valence-corrected chi connectivity index (χ1v) is 10.7. The molecule has 0 radical (unpaired) electrons. The lowest BCUT2D eigenvalue weighted by Gasteiger charge is -2.32. The second kappa shape index (κ2) is 7.51. The summed E-state index contributed by atoms with van der Waals surface area (Å²) in [4.78, 5) is 22.3. The Labute approximate surface area is 188 Å². The molecular formula is C25H19FN4O3. The number of halogens is 1. The van der Waals surface area contributed by atoms with E-state index < -0.39 is 0 Å². The van der Waals surface area contributed by atoms with Gasteiger partial charge in [0, 0.05) is 29.9 Å². The number of Topliss-reactive ketones (excluding diaryl/α,β-unsaturated/α-hetero) is 1. The van der Waals surface area contributed by atoms with Crippen LogP contribution < -0.4 is 9.47 Å². The van der Waals surface area contributed by atoms with Gasteiger partial charge in [0.1, 0.15) is 23.7 Å². The lowest BCUT2D eigenvalue weighted by atomic mass is 9.78. The highest BCUT2D eigenvalue weighted by Crippen LogP contribution is 2.47. The third-order valence-corrected chi connectivity index (χ3v) is 6.14. The van der Waals surface area contributed by atoms with Gasteiger partial charge in [-0.05, 0) is 48.4 Å². The molecule has 7 nitrogen and oxygen atoms in total. The van der Waals surface area contributed by atoms with Gasteiger partial charge in [-0.2, -0.15) is 0 Å². The zero-order valence-electron chi connectivity index (χ0n) is 17.8. The summed E-state index contributed by atoms with van der Waals surface area (Å²) >= 11 is 0. The number of ether oxygens (including phenoxy) is 2. The molecule has 0 saturated carbocycles. The van der Waals surface area contributed by atoms with Gasteiger partial charge in [-0.3, -0.25) is 4.79 Å². The van der Waals surface area contributed by atoms with Gasteiger partial charge < -0.3 is 9.47 Å². The van der Waals surface area contributed by atoms with Gasteiger partial charge >= 0.3 is 0 Å². The Morgan fingerprint density at radius 3 is 2.64 bits per heavy atom. The molecule has 1 atom stereocenters. The number of ketones is 1. The highest BCUT2D eigenvalue weighted by atomic mass is 19.1. The summed E-state index contributed by atoms with van der Waals surface area (Å²) in [6.07, 6.45) is 3.47. The van der Waals surface area contributed by atoms with Crippen LogP contribution in [0.1, 0.15) is 36.3 Å². The number of carbonyl (C=O) groups is 1. The number of nitrogens with zero attached hydrogens (tertiary/aromatic N) is 4. The van der Waals surface area contributed by atoms with Crippen molar-refractivity contribution in [3.63, 3.8) is 0 Å². The van der Waals surface area contributed by atoms with Crippen LogP contribution in [-0.2, 0) is 4.79 Å². The molecular weight excluding hydrogens is 423 g/mol. The zero-order valence-corrected chi connectivity index (χ0v) is 17.8. The van der Waals surface area contributed by atoms with Gasteiger partial charge in [0.05, 0.1) is 12.7 Å². The lowest BCUT2D eigenvalue weighted by Crippen LogP contribution is -2.26. The number of carbonyl (C=O) groups excluding carboxylic acids is 1. The second-order valence-electron chi connectivity index (χ2n) is 8.10. The number of hydrogen-bond acceptors (Lipinski definition) is 6. The van der Waals surface area contributed by atoms with E-state index in [0.717, 1.165) is 17.7 Å². The van der Waals surface area contributed by atoms with E-state index in [0.29, 0.717) is 52.7 Å². The van der Waals surface area contributed by atoms with E-state index in [4.69, 9.17) is 14.5 Å². The summed E-state index contributed by atoms with van der Waals surface area (Å²) in [6, 6.07) is 13.7. The minimum atomic E-state index is -0.385. The monoisotopic (exact) mass is 442 g/mol. The van der Waals surface area contributed by atoms with Crippen LogP contribution in [-0.4, -0.2) is 32.5 Å². The van der Waals surface area contributed by atoms with Crippen LogP contribution in [0.25, 0.3) is 17.0 Å². The van der Waals surface area contributed by atoms with E-state index in [2.05, 4.69) is 10.1 Å². The summed E-state index contributed by atoms with van der Waals surface area (Å²) in [7, 11) is 1.62. The molecule has 164 valence electrons. The standard InChI is InChI=1S/C25H19FN4O3/c1-32-17-11-7-14(8-12-17)20-21-18(31)3-2-4-19(21)33-25-22(20)24-28-23(29-30(24)13-27-25)15-5-9-16(26)10-6-15/h5-13,20H,2-4H2,1H3/t20-/m1/s1. The largest absolute Gasteiger partial charge is 0.497 e. The average Bonchev–Trinajstić information content (AvgIpc) is 3.28. The average molecular weight is 442 g/mol. The summed E-state index contributed by atoms with van der Waals surface area (Å²) in [6.45, 7) is 0. The van der Waals surface area contributed by atoms with Crippen molar-refractivity contribution in [1.29, 1.82) is 0 Å². The van der Waals surface area contributed by atoms with Gasteiger partial charge in [0.2, 0.25) is 5.88 Å². The molecule has 33 heavy (non-hydrogen) atoms. The van der Waals surface area contributed by atoms with Gasteiger partial charge in [0.25, 0.3) is 0 Å². The van der Waals surface area contributed by atoms with Crippen molar-refractivity contribution in [2.75, 3.05) is 7.11 Å². The highest BCUT2D eigenvalue weighted by Gasteiger charge is 2.39. The SMILES string of the molecule is COc1ccc([C@@H]2C3=C(CCCC3=O)Oc3ncn4nc(-c5ccc(F)cc5)nc4c32)cc1. The fourth-order valence-electron chi connectivity index (χ4n) is 4.57. The molecule has 1 aliphatic heterocycles. The number of fused-ring (bicyclic) bond motifs is 3.